The molecule has 1 saturated heterocycles. The molecule has 1 unspecified atom stereocenters. The molecule has 5 amide bonds. The van der Waals surface area contributed by atoms with Crippen molar-refractivity contribution in [2.45, 2.75) is 25.3 Å². The maximum Gasteiger partial charge on any atom is 0.547 e. The van der Waals surface area contributed by atoms with Crippen molar-refractivity contribution in [3.63, 3.8) is 0 Å². The van der Waals surface area contributed by atoms with Gasteiger partial charge in [-0.1, -0.05) is 29.8 Å². The lowest BCUT2D eigenvalue weighted by Crippen LogP contribution is -2.60. The van der Waals surface area contributed by atoms with Gasteiger partial charge in [0.1, 0.15) is 11.8 Å². The predicted molar refractivity (Wildman–Crippen MR) is 141 cm³/mol. The Hall–Kier alpha value is -4.63. The number of imide groups is 1. The molecule has 0 spiro atoms. The summed E-state index contributed by atoms with van der Waals surface area (Å²) < 4.78 is 5.40. The van der Waals surface area contributed by atoms with Crippen molar-refractivity contribution in [1.82, 2.24) is 20.4 Å². The number of carbonyl (C=O) groups excluding carboxylic acids is 4. The van der Waals surface area contributed by atoms with E-state index in [1.165, 1.54) is 23.1 Å². The van der Waals surface area contributed by atoms with Gasteiger partial charge in [-0.15, -0.1) is 0 Å². The number of amides is 5. The predicted octanol–water partition coefficient (Wildman–Crippen LogP) is 0.317. The van der Waals surface area contributed by atoms with Crippen LogP contribution in [0.15, 0.2) is 36.4 Å². The fourth-order valence-corrected chi connectivity index (χ4v) is 4.82. The van der Waals surface area contributed by atoms with E-state index in [4.69, 9.17) is 16.3 Å². The van der Waals surface area contributed by atoms with Crippen LogP contribution in [-0.2, 0) is 20.8 Å². The zero-order chi connectivity index (χ0) is 30.0. The summed E-state index contributed by atoms with van der Waals surface area (Å²) in [5, 5.41) is 34.0. The molecule has 14 nitrogen and oxygen atoms in total. The molecule has 41 heavy (non-hydrogen) atoms. The van der Waals surface area contributed by atoms with Crippen molar-refractivity contribution in [3.8, 4) is 5.75 Å². The number of hydrogen-bond donors (Lipinski definition) is 5. The largest absolute Gasteiger partial charge is 0.547 e. The van der Waals surface area contributed by atoms with E-state index in [0.717, 1.165) is 12.1 Å². The van der Waals surface area contributed by atoms with Gasteiger partial charge in [0, 0.05) is 30.2 Å². The number of urea groups is 1. The van der Waals surface area contributed by atoms with Crippen LogP contribution in [0.1, 0.15) is 44.8 Å². The Morgan fingerprint density at radius 3 is 2.46 bits per heavy atom. The average molecular weight is 587 g/mol. The maximum absolute atomic E-state index is 13.5. The Kier molecular flexibility index (Phi) is 8.49. The summed E-state index contributed by atoms with van der Waals surface area (Å²) in [4.78, 5) is 76.3. The number of carboxylic acid groups (broad SMARTS) is 2. The number of rotatable bonds is 7. The molecule has 2 aromatic carbocycles. The summed E-state index contributed by atoms with van der Waals surface area (Å²) in [6.45, 7) is 1.89. The first-order chi connectivity index (χ1) is 19.4. The van der Waals surface area contributed by atoms with Gasteiger partial charge >= 0.3 is 36.9 Å². The van der Waals surface area contributed by atoms with E-state index in [1.54, 1.807) is 13.0 Å². The topological polar surface area (TPSA) is 203 Å². The van der Waals surface area contributed by atoms with Crippen LogP contribution < -0.4 is 15.3 Å². The van der Waals surface area contributed by atoms with E-state index >= 15 is 0 Å². The number of nitrogens with zero attached hydrogens (tertiary/aromatic N) is 2. The number of likely N-dealkylation sites (N-methyl/N-ethyl adjacent to an activating group) is 1. The highest BCUT2D eigenvalue weighted by Crippen LogP contribution is 2.31. The van der Waals surface area contributed by atoms with Crippen molar-refractivity contribution in [3.05, 3.63) is 63.7 Å². The lowest BCUT2D eigenvalue weighted by Gasteiger charge is -2.33. The lowest BCUT2D eigenvalue weighted by atomic mass is 9.72. The summed E-state index contributed by atoms with van der Waals surface area (Å²) in [6, 6.07) is 5.10. The van der Waals surface area contributed by atoms with Crippen LogP contribution in [0.4, 0.5) is 4.79 Å². The standard InChI is InChI=1S/C25H24BClN4O10/c1-2-30-8-9-31(22(34)21(30)33)25(39)29-18(14-7-6-13(23(35)36)10-16(14)27)20(32)28-17-11-12-4-3-5-15(24(37)38)19(12)41-26(17)40/h3-7,10,17-18,40H,2,8-9,11H2,1H3,(H,28,32)(H,29,39)(H,35,36)(H,37,38)/t17-,18?/m0/s1. The molecule has 2 aliphatic heterocycles. The first-order valence-electron chi connectivity index (χ1n) is 12.4. The number of fused-ring (bicyclic) bond motifs is 1. The first kappa shape index (κ1) is 29.4. The maximum atomic E-state index is 13.5. The Labute approximate surface area is 238 Å². The van der Waals surface area contributed by atoms with Gasteiger partial charge in [-0.05, 0) is 37.1 Å². The Morgan fingerprint density at radius 2 is 1.83 bits per heavy atom. The van der Waals surface area contributed by atoms with E-state index in [2.05, 4.69) is 10.6 Å². The van der Waals surface area contributed by atoms with Gasteiger partial charge in [0.15, 0.2) is 0 Å². The molecule has 1 fully saturated rings. The molecular weight excluding hydrogens is 563 g/mol. The van der Waals surface area contributed by atoms with Crippen molar-refractivity contribution < 1.29 is 48.7 Å². The fraction of sp³-hybridized carbons (Fsp3) is 0.280. The van der Waals surface area contributed by atoms with Gasteiger partial charge in [-0.2, -0.15) is 0 Å². The molecule has 0 saturated carbocycles. The molecule has 0 radical (unpaired) electrons. The minimum absolute atomic E-state index is 0.0340. The van der Waals surface area contributed by atoms with E-state index in [9.17, 15) is 44.0 Å². The second-order valence-electron chi connectivity index (χ2n) is 9.19. The van der Waals surface area contributed by atoms with Crippen molar-refractivity contribution in [1.29, 1.82) is 0 Å². The minimum Gasteiger partial charge on any atom is -0.534 e. The molecule has 16 heteroatoms. The van der Waals surface area contributed by atoms with Gasteiger partial charge in [0.05, 0.1) is 17.1 Å². The average Bonchev–Trinajstić information content (AvgIpc) is 2.93. The van der Waals surface area contributed by atoms with E-state index in [0.29, 0.717) is 10.5 Å². The number of carboxylic acids is 2. The highest BCUT2D eigenvalue weighted by atomic mass is 35.5. The second-order valence-corrected chi connectivity index (χ2v) is 9.60. The van der Waals surface area contributed by atoms with Gasteiger partial charge in [0.2, 0.25) is 5.91 Å². The molecule has 2 atom stereocenters. The molecule has 4 rings (SSSR count). The molecule has 0 bridgehead atoms. The minimum atomic E-state index is -1.67. The van der Waals surface area contributed by atoms with Gasteiger partial charge < -0.3 is 35.4 Å². The third-order valence-corrected chi connectivity index (χ3v) is 7.03. The summed E-state index contributed by atoms with van der Waals surface area (Å²) in [5.74, 6) is -6.62. The molecular formula is C25H24BClN4O10. The smallest absolute Gasteiger partial charge is 0.534 e. The summed E-state index contributed by atoms with van der Waals surface area (Å²) in [5.41, 5.74) is -0.0112. The molecule has 0 aliphatic carbocycles. The van der Waals surface area contributed by atoms with E-state index in [1.807, 2.05) is 0 Å². The quantitative estimate of drug-likeness (QED) is 0.222. The fourth-order valence-electron chi connectivity index (χ4n) is 4.53. The van der Waals surface area contributed by atoms with Crippen LogP contribution in [0.5, 0.6) is 5.75 Å². The monoisotopic (exact) mass is 586 g/mol. The highest BCUT2D eigenvalue weighted by Gasteiger charge is 2.41. The van der Waals surface area contributed by atoms with Crippen LogP contribution in [-0.4, -0.2) is 93.4 Å². The number of aromatic carboxylic acids is 2. The highest BCUT2D eigenvalue weighted by molar-refractivity contribution is 6.47. The van der Waals surface area contributed by atoms with Crippen LogP contribution in [0.3, 0.4) is 0 Å². The van der Waals surface area contributed by atoms with Crippen molar-refractivity contribution >= 4 is 54.4 Å². The first-order valence-corrected chi connectivity index (χ1v) is 12.7. The van der Waals surface area contributed by atoms with E-state index in [-0.39, 0.29) is 53.5 Å². The van der Waals surface area contributed by atoms with Crippen LogP contribution in [0.2, 0.25) is 5.02 Å². The summed E-state index contributed by atoms with van der Waals surface area (Å²) in [7, 11) is -1.67. The van der Waals surface area contributed by atoms with Crippen LogP contribution >= 0.6 is 11.6 Å². The Bertz CT molecular complexity index is 1450. The van der Waals surface area contributed by atoms with Gasteiger partial charge in [0.25, 0.3) is 0 Å². The van der Waals surface area contributed by atoms with Gasteiger partial charge in [-0.3, -0.25) is 19.3 Å². The number of nitrogens with one attached hydrogen (secondary N) is 2. The third kappa shape index (κ3) is 5.95. The zero-order valence-corrected chi connectivity index (χ0v) is 22.3. The summed E-state index contributed by atoms with van der Waals surface area (Å²) in [6.07, 6.45) is -0.0400. The molecule has 2 heterocycles. The number of piperazine rings is 1. The third-order valence-electron chi connectivity index (χ3n) is 6.70. The van der Waals surface area contributed by atoms with E-state index < -0.39 is 54.8 Å². The zero-order valence-electron chi connectivity index (χ0n) is 21.5. The Morgan fingerprint density at radius 1 is 1.10 bits per heavy atom. The number of carbonyl (C=O) groups is 6. The number of para-hydroxylation sites is 1. The number of hydrogen-bond acceptors (Lipinski definition) is 8. The Balaban J connectivity index is 1.61. The molecule has 2 aliphatic rings. The lowest BCUT2D eigenvalue weighted by molar-refractivity contribution is -0.153. The number of benzene rings is 2. The molecule has 2 aromatic rings. The second kappa shape index (κ2) is 11.9. The van der Waals surface area contributed by atoms with Gasteiger partial charge in [-0.25, -0.2) is 14.4 Å². The van der Waals surface area contributed by atoms with Crippen LogP contribution in [0, 0.1) is 0 Å². The molecule has 0 aromatic heterocycles. The van der Waals surface area contributed by atoms with Crippen LogP contribution in [0.25, 0.3) is 0 Å². The normalized spacial score (nSPS) is 17.3. The summed E-state index contributed by atoms with van der Waals surface area (Å²) >= 11 is 6.29. The molecule has 5 N–H and O–H groups in total. The number of halogens is 1. The van der Waals surface area contributed by atoms with Crippen molar-refractivity contribution in [2.24, 2.45) is 0 Å². The molecule has 214 valence electrons. The van der Waals surface area contributed by atoms with Crippen molar-refractivity contribution in [2.75, 3.05) is 19.6 Å². The SMILES string of the molecule is CCN1CCN(C(=O)NC(C(=O)N[C@H]2Cc3cccc(C(=O)O)c3OB2O)c2ccc(C(=O)O)cc2Cl)C(=O)C1=O.